The van der Waals surface area contributed by atoms with Crippen molar-refractivity contribution in [3.05, 3.63) is 57.5 Å². The van der Waals surface area contributed by atoms with Crippen LogP contribution in [0, 0.1) is 15.9 Å². The fourth-order valence-electron chi connectivity index (χ4n) is 1.40. The predicted octanol–water partition coefficient (Wildman–Crippen LogP) is 3.45. The van der Waals surface area contributed by atoms with Gasteiger partial charge in [0.2, 0.25) is 0 Å². The third-order valence-electron chi connectivity index (χ3n) is 2.14. The minimum Gasteiger partial charge on any atom is -0.258 e. The second-order valence-electron chi connectivity index (χ2n) is 3.27. The van der Waals surface area contributed by atoms with Gasteiger partial charge in [-0.25, -0.2) is 9.37 Å². The van der Waals surface area contributed by atoms with Gasteiger partial charge in [0.15, 0.2) is 0 Å². The highest BCUT2D eigenvalue weighted by Gasteiger charge is 2.13. The summed E-state index contributed by atoms with van der Waals surface area (Å²) in [6.07, 6.45) is 0. The van der Waals surface area contributed by atoms with Gasteiger partial charge in [-0.2, -0.15) is 0 Å². The monoisotopic (exact) mass is 252 g/mol. The molecule has 0 N–H and O–H groups in total. The summed E-state index contributed by atoms with van der Waals surface area (Å²) in [6.45, 7) is 0. The summed E-state index contributed by atoms with van der Waals surface area (Å²) in [5.41, 5.74) is 0.101. The van der Waals surface area contributed by atoms with E-state index in [2.05, 4.69) is 4.98 Å². The Kier molecular flexibility index (Phi) is 3.01. The molecule has 1 aromatic heterocycles. The van der Waals surface area contributed by atoms with Gasteiger partial charge in [-0.1, -0.05) is 23.7 Å². The fraction of sp³-hybridized carbons (Fsp3) is 0. The smallest absolute Gasteiger partial charge is 0.258 e. The average molecular weight is 253 g/mol. The van der Waals surface area contributed by atoms with E-state index in [0.29, 0.717) is 0 Å². The van der Waals surface area contributed by atoms with Crippen LogP contribution in [0.4, 0.5) is 10.1 Å². The maximum Gasteiger partial charge on any atom is 0.274 e. The van der Waals surface area contributed by atoms with Crippen molar-refractivity contribution in [1.82, 2.24) is 4.98 Å². The number of benzene rings is 1. The average Bonchev–Trinajstić information content (AvgIpc) is 2.28. The molecule has 0 saturated heterocycles. The largest absolute Gasteiger partial charge is 0.274 e. The lowest BCUT2D eigenvalue weighted by molar-refractivity contribution is -0.384. The van der Waals surface area contributed by atoms with Crippen LogP contribution < -0.4 is 0 Å². The Labute approximate surface area is 101 Å². The van der Waals surface area contributed by atoms with Crippen molar-refractivity contribution in [3.63, 3.8) is 0 Å². The zero-order valence-electron chi connectivity index (χ0n) is 8.43. The van der Waals surface area contributed by atoms with Crippen LogP contribution in [0.1, 0.15) is 0 Å². The van der Waals surface area contributed by atoms with Gasteiger partial charge < -0.3 is 0 Å². The molecule has 0 fully saturated rings. The molecule has 0 aliphatic rings. The molecular formula is C11H6ClFN2O2. The Morgan fingerprint density at radius 3 is 2.65 bits per heavy atom. The minimum atomic E-state index is -0.599. The first kappa shape index (κ1) is 11.5. The molecule has 0 unspecified atom stereocenters. The van der Waals surface area contributed by atoms with Crippen molar-refractivity contribution >= 4 is 17.3 Å². The Balaban J connectivity index is 2.60. The lowest BCUT2D eigenvalue weighted by atomic mass is 10.1. The van der Waals surface area contributed by atoms with E-state index in [-0.39, 0.29) is 22.1 Å². The van der Waals surface area contributed by atoms with Crippen LogP contribution in [0.2, 0.25) is 5.15 Å². The number of hydrogen-bond donors (Lipinski definition) is 0. The van der Waals surface area contributed by atoms with Crippen LogP contribution in [0.3, 0.4) is 0 Å². The maximum absolute atomic E-state index is 13.5. The van der Waals surface area contributed by atoms with E-state index in [4.69, 9.17) is 11.6 Å². The summed E-state index contributed by atoms with van der Waals surface area (Å²) in [5, 5.41) is 10.6. The molecule has 4 nitrogen and oxygen atoms in total. The molecule has 0 aliphatic heterocycles. The Morgan fingerprint density at radius 1 is 1.29 bits per heavy atom. The van der Waals surface area contributed by atoms with Crippen LogP contribution in [-0.2, 0) is 0 Å². The standard InChI is InChI=1S/C11H6ClFN2O2/c12-11-6-7(15(16)17)5-10(14-11)8-3-1-2-4-9(8)13/h1-6H. The van der Waals surface area contributed by atoms with Crippen LogP contribution >= 0.6 is 11.6 Å². The second-order valence-corrected chi connectivity index (χ2v) is 3.66. The molecule has 0 amide bonds. The Bertz CT molecular complexity index is 589. The lowest BCUT2D eigenvalue weighted by Crippen LogP contribution is -1.93. The van der Waals surface area contributed by atoms with Gasteiger partial charge in [-0.05, 0) is 12.1 Å². The van der Waals surface area contributed by atoms with Gasteiger partial charge in [0.25, 0.3) is 5.69 Å². The number of rotatable bonds is 2. The molecule has 6 heteroatoms. The highest BCUT2D eigenvalue weighted by molar-refractivity contribution is 6.29. The third-order valence-corrected chi connectivity index (χ3v) is 2.33. The molecule has 2 rings (SSSR count). The van der Waals surface area contributed by atoms with E-state index < -0.39 is 10.7 Å². The molecule has 0 spiro atoms. The summed E-state index contributed by atoms with van der Waals surface area (Å²) in [6, 6.07) is 8.18. The molecule has 1 aromatic carbocycles. The molecule has 0 aliphatic carbocycles. The Hall–Kier alpha value is -2.01. The third kappa shape index (κ3) is 2.39. The van der Waals surface area contributed by atoms with Gasteiger partial charge in [0.05, 0.1) is 16.7 Å². The number of nitrogens with zero attached hydrogens (tertiary/aromatic N) is 2. The van der Waals surface area contributed by atoms with Crippen molar-refractivity contribution in [2.75, 3.05) is 0 Å². The summed E-state index contributed by atoms with van der Waals surface area (Å²) in [5.74, 6) is -0.503. The molecule has 86 valence electrons. The summed E-state index contributed by atoms with van der Waals surface area (Å²) < 4.78 is 13.5. The van der Waals surface area contributed by atoms with Gasteiger partial charge in [0.1, 0.15) is 11.0 Å². The molecular weight excluding hydrogens is 247 g/mol. The maximum atomic E-state index is 13.5. The van der Waals surface area contributed by atoms with E-state index in [1.54, 1.807) is 6.07 Å². The summed E-state index contributed by atoms with van der Waals surface area (Å²) >= 11 is 5.66. The first-order chi connectivity index (χ1) is 8.08. The molecule has 17 heavy (non-hydrogen) atoms. The molecule has 0 bridgehead atoms. The second kappa shape index (κ2) is 4.47. The quantitative estimate of drug-likeness (QED) is 0.467. The highest BCUT2D eigenvalue weighted by Crippen LogP contribution is 2.26. The van der Waals surface area contributed by atoms with Crippen molar-refractivity contribution in [3.8, 4) is 11.3 Å². The zero-order valence-corrected chi connectivity index (χ0v) is 9.19. The van der Waals surface area contributed by atoms with E-state index >= 15 is 0 Å². The predicted molar refractivity (Wildman–Crippen MR) is 61.3 cm³/mol. The van der Waals surface area contributed by atoms with Crippen LogP contribution in [0.25, 0.3) is 11.3 Å². The summed E-state index contributed by atoms with van der Waals surface area (Å²) in [4.78, 5) is 13.9. The number of pyridine rings is 1. The lowest BCUT2D eigenvalue weighted by Gasteiger charge is -2.02. The number of halogens is 2. The van der Waals surface area contributed by atoms with Crippen LogP contribution in [0.15, 0.2) is 36.4 Å². The molecule has 1 heterocycles. The molecule has 0 radical (unpaired) electrons. The van der Waals surface area contributed by atoms with Gasteiger partial charge in [-0.15, -0.1) is 0 Å². The normalized spacial score (nSPS) is 10.2. The zero-order chi connectivity index (χ0) is 12.4. The van der Waals surface area contributed by atoms with Crippen molar-refractivity contribution in [2.45, 2.75) is 0 Å². The minimum absolute atomic E-state index is 0.0440. The van der Waals surface area contributed by atoms with Gasteiger partial charge >= 0.3 is 0 Å². The van der Waals surface area contributed by atoms with E-state index in [0.717, 1.165) is 6.07 Å². The van der Waals surface area contributed by atoms with E-state index in [9.17, 15) is 14.5 Å². The van der Waals surface area contributed by atoms with Crippen LogP contribution in [0.5, 0.6) is 0 Å². The van der Waals surface area contributed by atoms with E-state index in [1.165, 1.54) is 24.3 Å². The fourth-order valence-corrected chi connectivity index (χ4v) is 1.60. The molecule has 0 saturated carbocycles. The topological polar surface area (TPSA) is 56.0 Å². The molecule has 0 atom stereocenters. The van der Waals surface area contributed by atoms with E-state index in [1.807, 2.05) is 0 Å². The molecule has 2 aromatic rings. The highest BCUT2D eigenvalue weighted by atomic mass is 35.5. The van der Waals surface area contributed by atoms with Crippen molar-refractivity contribution in [1.29, 1.82) is 0 Å². The first-order valence-corrected chi connectivity index (χ1v) is 5.02. The van der Waals surface area contributed by atoms with Gasteiger partial charge in [-0.3, -0.25) is 10.1 Å². The number of aromatic nitrogens is 1. The summed E-state index contributed by atoms with van der Waals surface area (Å²) in [7, 11) is 0. The number of hydrogen-bond acceptors (Lipinski definition) is 3. The SMILES string of the molecule is O=[N+]([O-])c1cc(Cl)nc(-c2ccccc2F)c1. The van der Waals surface area contributed by atoms with Crippen molar-refractivity contribution < 1.29 is 9.31 Å². The van der Waals surface area contributed by atoms with Crippen molar-refractivity contribution in [2.24, 2.45) is 0 Å². The Morgan fingerprint density at radius 2 is 2.00 bits per heavy atom. The first-order valence-electron chi connectivity index (χ1n) is 4.65. The van der Waals surface area contributed by atoms with Gasteiger partial charge in [0, 0.05) is 11.6 Å². The van der Waals surface area contributed by atoms with Crippen LogP contribution in [-0.4, -0.2) is 9.91 Å². The number of nitro groups is 1.